The molecule has 0 amide bonds. The summed E-state index contributed by atoms with van der Waals surface area (Å²) in [6.07, 6.45) is 1.11. The van der Waals surface area contributed by atoms with Crippen molar-refractivity contribution in [2.24, 2.45) is 0 Å². The van der Waals surface area contributed by atoms with Crippen molar-refractivity contribution in [3.05, 3.63) is 35.9 Å². The molecule has 14 heavy (non-hydrogen) atoms. The maximum Gasteiger partial charge on any atom is 0.338 e. The smallest absolute Gasteiger partial charge is 0.338 e. The Kier molecular flexibility index (Phi) is 3.09. The van der Waals surface area contributed by atoms with Gasteiger partial charge in [-0.05, 0) is 24.3 Å². The topological polar surface area (TPSA) is 26.3 Å². The van der Waals surface area contributed by atoms with E-state index in [2.05, 4.69) is 0 Å². The predicted octanol–water partition coefficient (Wildman–Crippen LogP) is 2.35. The van der Waals surface area contributed by atoms with Crippen molar-refractivity contribution in [1.82, 2.24) is 0 Å². The van der Waals surface area contributed by atoms with E-state index < -0.39 is 0 Å². The molecule has 1 unspecified atom stereocenters. The minimum Gasteiger partial charge on any atom is -0.458 e. The van der Waals surface area contributed by atoms with Crippen LogP contribution in [0.15, 0.2) is 30.3 Å². The minimum atomic E-state index is -0.196. The van der Waals surface area contributed by atoms with Crippen molar-refractivity contribution in [2.45, 2.75) is 12.5 Å². The Morgan fingerprint density at radius 1 is 1.36 bits per heavy atom. The second-order valence-corrected chi connectivity index (χ2v) is 4.41. The molecule has 1 saturated heterocycles. The molecule has 2 rings (SSSR count). The van der Waals surface area contributed by atoms with Gasteiger partial charge in [0.05, 0.1) is 5.56 Å². The highest BCUT2D eigenvalue weighted by atomic mass is 32.2. The van der Waals surface area contributed by atoms with Gasteiger partial charge in [-0.25, -0.2) is 4.79 Å². The van der Waals surface area contributed by atoms with E-state index in [0.29, 0.717) is 5.56 Å². The number of rotatable bonds is 2. The quantitative estimate of drug-likeness (QED) is 0.698. The van der Waals surface area contributed by atoms with Crippen LogP contribution in [-0.2, 0) is 4.74 Å². The molecule has 1 aromatic carbocycles. The summed E-state index contributed by atoms with van der Waals surface area (Å²) in [4.78, 5) is 11.6. The summed E-state index contributed by atoms with van der Waals surface area (Å²) in [6, 6.07) is 9.15. The second-order valence-electron chi connectivity index (χ2n) is 3.26. The molecule has 1 heterocycles. The third-order valence-electron chi connectivity index (χ3n) is 2.17. The number of benzene rings is 1. The standard InChI is InChI=1S/C11H12O2S/c12-11(9-4-2-1-3-5-9)13-10-6-7-14-8-10/h1-5,10H,6-8H2. The van der Waals surface area contributed by atoms with Crippen LogP contribution in [0.4, 0.5) is 0 Å². The van der Waals surface area contributed by atoms with Crippen molar-refractivity contribution >= 4 is 17.7 Å². The second kappa shape index (κ2) is 4.51. The van der Waals surface area contributed by atoms with Crippen LogP contribution in [0, 0.1) is 0 Å². The number of carbonyl (C=O) groups excluding carboxylic acids is 1. The molecule has 1 fully saturated rings. The first-order chi connectivity index (χ1) is 6.86. The summed E-state index contributed by atoms with van der Waals surface area (Å²) < 4.78 is 5.34. The van der Waals surface area contributed by atoms with Gasteiger partial charge >= 0.3 is 5.97 Å². The molecular formula is C11H12O2S. The molecule has 74 valence electrons. The molecule has 1 atom stereocenters. The highest BCUT2D eigenvalue weighted by Gasteiger charge is 2.20. The Morgan fingerprint density at radius 3 is 2.79 bits per heavy atom. The van der Waals surface area contributed by atoms with Gasteiger partial charge in [0.1, 0.15) is 6.10 Å². The number of hydrogen-bond donors (Lipinski definition) is 0. The fourth-order valence-corrected chi connectivity index (χ4v) is 2.49. The molecule has 3 heteroatoms. The maximum atomic E-state index is 11.6. The molecule has 0 radical (unpaired) electrons. The number of hydrogen-bond acceptors (Lipinski definition) is 3. The van der Waals surface area contributed by atoms with Crippen molar-refractivity contribution in [1.29, 1.82) is 0 Å². The molecule has 0 spiro atoms. The molecule has 0 bridgehead atoms. The largest absolute Gasteiger partial charge is 0.458 e. The molecule has 1 aromatic rings. The van der Waals surface area contributed by atoms with E-state index in [4.69, 9.17) is 4.74 Å². The van der Waals surface area contributed by atoms with Crippen LogP contribution in [0.5, 0.6) is 0 Å². The van der Waals surface area contributed by atoms with Crippen molar-refractivity contribution in [3.8, 4) is 0 Å². The first kappa shape index (κ1) is 9.59. The zero-order valence-electron chi connectivity index (χ0n) is 7.81. The lowest BCUT2D eigenvalue weighted by Gasteiger charge is -2.10. The summed E-state index contributed by atoms with van der Waals surface area (Å²) in [6.45, 7) is 0. The van der Waals surface area contributed by atoms with E-state index in [1.54, 1.807) is 12.1 Å². The average Bonchev–Trinajstić information content (AvgIpc) is 2.72. The zero-order chi connectivity index (χ0) is 9.80. The van der Waals surface area contributed by atoms with Gasteiger partial charge in [0, 0.05) is 5.75 Å². The Hall–Kier alpha value is -0.960. The molecule has 0 aliphatic carbocycles. The lowest BCUT2D eigenvalue weighted by molar-refractivity contribution is 0.0357. The summed E-state index contributed by atoms with van der Waals surface area (Å²) in [7, 11) is 0. The minimum absolute atomic E-state index is 0.118. The van der Waals surface area contributed by atoms with E-state index in [-0.39, 0.29) is 12.1 Å². The molecule has 2 nitrogen and oxygen atoms in total. The third-order valence-corrected chi connectivity index (χ3v) is 3.30. The summed E-state index contributed by atoms with van der Waals surface area (Å²) in [5, 5.41) is 0. The van der Waals surface area contributed by atoms with Gasteiger partial charge in [-0.1, -0.05) is 18.2 Å². The SMILES string of the molecule is O=C(OC1CCSC1)c1ccccc1. The monoisotopic (exact) mass is 208 g/mol. The first-order valence-electron chi connectivity index (χ1n) is 4.70. The van der Waals surface area contributed by atoms with Crippen LogP contribution in [0.3, 0.4) is 0 Å². The number of carbonyl (C=O) groups is 1. The summed E-state index contributed by atoms with van der Waals surface area (Å²) >= 11 is 1.84. The molecule has 1 aliphatic rings. The molecule has 1 aliphatic heterocycles. The van der Waals surface area contributed by atoms with Gasteiger partial charge in [-0.15, -0.1) is 0 Å². The van der Waals surface area contributed by atoms with Gasteiger partial charge < -0.3 is 4.74 Å². The fraction of sp³-hybridized carbons (Fsp3) is 0.364. The van der Waals surface area contributed by atoms with Crippen LogP contribution in [0.2, 0.25) is 0 Å². The van der Waals surface area contributed by atoms with Gasteiger partial charge in [0.15, 0.2) is 0 Å². The molecule has 0 aromatic heterocycles. The van der Waals surface area contributed by atoms with E-state index in [1.807, 2.05) is 30.0 Å². The molecule has 0 N–H and O–H groups in total. The van der Waals surface area contributed by atoms with Gasteiger partial charge in [0.2, 0.25) is 0 Å². The predicted molar refractivity (Wildman–Crippen MR) is 57.6 cm³/mol. The normalized spacial score (nSPS) is 20.7. The van der Waals surface area contributed by atoms with Crippen LogP contribution in [0.1, 0.15) is 16.8 Å². The van der Waals surface area contributed by atoms with E-state index in [0.717, 1.165) is 17.9 Å². The van der Waals surface area contributed by atoms with Gasteiger partial charge in [0.25, 0.3) is 0 Å². The van der Waals surface area contributed by atoms with E-state index in [1.165, 1.54) is 0 Å². The van der Waals surface area contributed by atoms with E-state index >= 15 is 0 Å². The molecular weight excluding hydrogens is 196 g/mol. The Bertz CT molecular complexity index is 304. The third kappa shape index (κ3) is 2.29. The molecule has 0 saturated carbocycles. The van der Waals surface area contributed by atoms with Gasteiger partial charge in [-0.2, -0.15) is 11.8 Å². The maximum absolute atomic E-state index is 11.6. The number of ether oxygens (including phenoxy) is 1. The highest BCUT2D eigenvalue weighted by molar-refractivity contribution is 7.99. The highest BCUT2D eigenvalue weighted by Crippen LogP contribution is 2.20. The summed E-state index contributed by atoms with van der Waals surface area (Å²) in [5.41, 5.74) is 0.643. The lowest BCUT2D eigenvalue weighted by atomic mass is 10.2. The van der Waals surface area contributed by atoms with Crippen LogP contribution in [0.25, 0.3) is 0 Å². The number of thioether (sulfide) groups is 1. The zero-order valence-corrected chi connectivity index (χ0v) is 8.63. The Labute approximate surface area is 87.6 Å². The Morgan fingerprint density at radius 2 is 2.14 bits per heavy atom. The van der Waals surface area contributed by atoms with Crippen LogP contribution >= 0.6 is 11.8 Å². The lowest BCUT2D eigenvalue weighted by Crippen LogP contribution is -2.17. The average molecular weight is 208 g/mol. The van der Waals surface area contributed by atoms with Crippen molar-refractivity contribution in [2.75, 3.05) is 11.5 Å². The van der Waals surface area contributed by atoms with Crippen LogP contribution < -0.4 is 0 Å². The summed E-state index contributed by atoms with van der Waals surface area (Å²) in [5.74, 6) is 1.85. The fourth-order valence-electron chi connectivity index (χ4n) is 1.40. The number of esters is 1. The van der Waals surface area contributed by atoms with Gasteiger partial charge in [-0.3, -0.25) is 0 Å². The van der Waals surface area contributed by atoms with Crippen LogP contribution in [-0.4, -0.2) is 23.6 Å². The first-order valence-corrected chi connectivity index (χ1v) is 5.85. The van der Waals surface area contributed by atoms with Crippen molar-refractivity contribution in [3.63, 3.8) is 0 Å². The van der Waals surface area contributed by atoms with E-state index in [9.17, 15) is 4.79 Å². The van der Waals surface area contributed by atoms with Crippen molar-refractivity contribution < 1.29 is 9.53 Å². The Balaban J connectivity index is 1.95.